The molecule has 1 N–H and O–H groups in total. The number of fused-ring (bicyclic) bond motifs is 1. The van der Waals surface area contributed by atoms with Crippen LogP contribution in [0.25, 0.3) is 21.9 Å². The van der Waals surface area contributed by atoms with Crippen molar-refractivity contribution in [1.82, 2.24) is 0 Å². The fourth-order valence-corrected chi connectivity index (χ4v) is 4.44. The van der Waals surface area contributed by atoms with Gasteiger partial charge in [-0.15, -0.1) is 34.5 Å². The maximum atomic E-state index is 8.16. The molecule has 1 nitrogen and oxygen atoms in total. The van der Waals surface area contributed by atoms with Crippen LogP contribution in [0, 0.1) is 0 Å². The Kier molecular flexibility index (Phi) is 16.2. The third kappa shape index (κ3) is 9.15. The standard InChI is InChI=1S/C25H29.C2H7OSi.2ClH.Zr/c1-2-3-8-19-17-23-11-7-12-24(25(23)18-19)22-15-13-21(14-16-22)20-9-5-4-6-10-20;1-4(2)3;;;/h7,11-18,20H,2-6,8-10H2,1H3;3H,1-2H3;2*1H;/q-1;;;;+3/p-2. The summed E-state index contributed by atoms with van der Waals surface area (Å²) >= 11 is 0. The summed E-state index contributed by atoms with van der Waals surface area (Å²) in [4.78, 5) is 8.16. The first-order chi connectivity index (χ1) is 14.1. The molecule has 0 unspecified atom stereocenters. The number of benzene rings is 2. The zero-order chi connectivity index (χ0) is 20.6. The molecule has 0 aromatic heterocycles. The van der Waals surface area contributed by atoms with Crippen LogP contribution in [0.3, 0.4) is 0 Å². The molecule has 1 aliphatic rings. The average molecular weight is 567 g/mol. The molecule has 3 aromatic carbocycles. The van der Waals surface area contributed by atoms with Crippen LogP contribution in [0.5, 0.6) is 0 Å². The summed E-state index contributed by atoms with van der Waals surface area (Å²) in [5.74, 6) is 0.790. The normalized spacial score (nSPS) is 13.4. The fourth-order valence-electron chi connectivity index (χ4n) is 4.44. The Hall–Kier alpha value is -0.310. The van der Waals surface area contributed by atoms with Crippen molar-refractivity contribution in [2.75, 3.05) is 0 Å². The Morgan fingerprint density at radius 2 is 1.59 bits per heavy atom. The molecule has 32 heavy (non-hydrogen) atoms. The Balaban J connectivity index is 0.00000127. The van der Waals surface area contributed by atoms with Crippen LogP contribution in [-0.2, 0) is 32.6 Å². The molecule has 0 bridgehead atoms. The van der Waals surface area contributed by atoms with Crippen molar-refractivity contribution in [3.05, 3.63) is 65.7 Å². The number of hydrogen-bond acceptors (Lipinski definition) is 1. The van der Waals surface area contributed by atoms with E-state index in [4.69, 9.17) is 4.80 Å². The number of unbranched alkanes of at least 4 members (excludes halogenated alkanes) is 1. The third-order valence-electron chi connectivity index (χ3n) is 5.93. The Labute approximate surface area is 228 Å². The molecule has 5 heteroatoms. The largest absolute Gasteiger partial charge is 3.00 e. The van der Waals surface area contributed by atoms with Gasteiger partial charge in [0.05, 0.1) is 0 Å². The molecule has 0 aliphatic heterocycles. The summed E-state index contributed by atoms with van der Waals surface area (Å²) in [5, 5.41) is 2.80. The molecule has 1 saturated carbocycles. The van der Waals surface area contributed by atoms with Gasteiger partial charge in [-0.2, -0.15) is 6.07 Å². The summed E-state index contributed by atoms with van der Waals surface area (Å²) in [6.45, 7) is 5.91. The van der Waals surface area contributed by atoms with E-state index >= 15 is 0 Å². The molecule has 0 amide bonds. The van der Waals surface area contributed by atoms with Crippen molar-refractivity contribution in [3.8, 4) is 11.1 Å². The first kappa shape index (κ1) is 31.7. The smallest absolute Gasteiger partial charge is 1.00 e. The summed E-state index contributed by atoms with van der Waals surface area (Å²) < 4.78 is 0. The molecule has 172 valence electrons. The molecule has 4 rings (SSSR count). The van der Waals surface area contributed by atoms with E-state index in [-0.39, 0.29) is 51.0 Å². The van der Waals surface area contributed by atoms with Gasteiger partial charge in [0.25, 0.3) is 0 Å². The van der Waals surface area contributed by atoms with Crippen molar-refractivity contribution in [1.29, 1.82) is 0 Å². The van der Waals surface area contributed by atoms with Gasteiger partial charge in [-0.05, 0) is 49.4 Å². The van der Waals surface area contributed by atoms with Gasteiger partial charge in [0.15, 0.2) is 9.04 Å². The zero-order valence-electron chi connectivity index (χ0n) is 19.6. The first-order valence-electron chi connectivity index (χ1n) is 11.4. The van der Waals surface area contributed by atoms with Gasteiger partial charge >= 0.3 is 26.2 Å². The molecule has 0 spiro atoms. The molecule has 1 fully saturated rings. The third-order valence-corrected chi connectivity index (χ3v) is 5.93. The van der Waals surface area contributed by atoms with E-state index in [9.17, 15) is 0 Å². The fraction of sp³-hybridized carbons (Fsp3) is 0.444. The van der Waals surface area contributed by atoms with E-state index in [1.807, 2.05) is 13.1 Å². The predicted octanol–water partition coefficient (Wildman–Crippen LogP) is 1.85. The van der Waals surface area contributed by atoms with Gasteiger partial charge in [0, 0.05) is 0 Å². The van der Waals surface area contributed by atoms with Crippen molar-refractivity contribution >= 4 is 19.8 Å². The van der Waals surface area contributed by atoms with E-state index in [1.165, 1.54) is 78.8 Å². The molecule has 1 aliphatic carbocycles. The van der Waals surface area contributed by atoms with Crippen molar-refractivity contribution in [3.63, 3.8) is 0 Å². The summed E-state index contributed by atoms with van der Waals surface area (Å²) in [6, 6.07) is 21.0. The first-order valence-corrected chi connectivity index (χ1v) is 13.8. The molecular formula is C27H36Cl2OSiZr. The van der Waals surface area contributed by atoms with Crippen LogP contribution in [0.1, 0.15) is 68.9 Å². The van der Waals surface area contributed by atoms with Gasteiger partial charge in [0.1, 0.15) is 0 Å². The number of hydrogen-bond donors (Lipinski definition) is 1. The maximum Gasteiger partial charge on any atom is 3.00 e. The van der Waals surface area contributed by atoms with E-state index < -0.39 is 9.04 Å². The van der Waals surface area contributed by atoms with Crippen LogP contribution >= 0.6 is 0 Å². The second kappa shape index (κ2) is 16.3. The van der Waals surface area contributed by atoms with Crippen molar-refractivity contribution in [2.45, 2.75) is 77.3 Å². The topological polar surface area (TPSA) is 20.2 Å². The second-order valence-corrected chi connectivity index (χ2v) is 10.6. The molecule has 0 heterocycles. The summed E-state index contributed by atoms with van der Waals surface area (Å²) in [7, 11) is -0.880. The van der Waals surface area contributed by atoms with Crippen LogP contribution in [-0.4, -0.2) is 13.8 Å². The SMILES string of the molecule is CCCCc1cc2c(-c3ccc(C4CCCCC4)cc3)cccc2[cH-]1.C[Si](C)O.[Cl-].[Cl-].[Zr+3]. The minimum atomic E-state index is -0.880. The van der Waals surface area contributed by atoms with Gasteiger partial charge in [-0.3, -0.25) is 0 Å². The van der Waals surface area contributed by atoms with Gasteiger partial charge in [-0.25, -0.2) is 0 Å². The molecule has 0 atom stereocenters. The van der Waals surface area contributed by atoms with Crippen molar-refractivity contribution < 1.29 is 55.8 Å². The quantitative estimate of drug-likeness (QED) is 0.369. The second-order valence-electron chi connectivity index (χ2n) is 8.68. The van der Waals surface area contributed by atoms with E-state index in [0.29, 0.717) is 0 Å². The van der Waals surface area contributed by atoms with Gasteiger partial charge in [-0.1, -0.05) is 74.9 Å². The predicted molar refractivity (Wildman–Crippen MR) is 129 cm³/mol. The van der Waals surface area contributed by atoms with E-state index in [1.54, 1.807) is 5.56 Å². The summed E-state index contributed by atoms with van der Waals surface area (Å²) in [6.07, 6.45) is 10.7. The van der Waals surface area contributed by atoms with Crippen molar-refractivity contribution in [2.24, 2.45) is 0 Å². The zero-order valence-corrected chi connectivity index (χ0v) is 24.6. The molecule has 3 aromatic rings. The Bertz CT molecular complexity index is 884. The number of halogens is 2. The number of rotatable bonds is 5. The van der Waals surface area contributed by atoms with Gasteiger partial charge in [0.2, 0.25) is 0 Å². The van der Waals surface area contributed by atoms with Crippen LogP contribution in [0.2, 0.25) is 13.1 Å². The molecular weight excluding hydrogens is 531 g/mol. The maximum absolute atomic E-state index is 8.16. The van der Waals surface area contributed by atoms with Crippen LogP contribution in [0.15, 0.2) is 54.6 Å². The average Bonchev–Trinajstić information content (AvgIpc) is 3.16. The molecule has 0 saturated heterocycles. The Morgan fingerprint density at radius 3 is 2.19 bits per heavy atom. The number of aryl methyl sites for hydroxylation is 1. The van der Waals surface area contributed by atoms with Crippen LogP contribution < -0.4 is 24.8 Å². The monoisotopic (exact) mass is 564 g/mol. The summed E-state index contributed by atoms with van der Waals surface area (Å²) in [5.41, 5.74) is 5.78. The minimum Gasteiger partial charge on any atom is -1.00 e. The Morgan fingerprint density at radius 1 is 0.969 bits per heavy atom. The van der Waals surface area contributed by atoms with E-state index in [0.717, 1.165) is 5.92 Å². The van der Waals surface area contributed by atoms with Gasteiger partial charge < -0.3 is 29.6 Å². The molecule has 2 radical (unpaired) electrons. The van der Waals surface area contributed by atoms with E-state index in [2.05, 4.69) is 61.5 Å². The van der Waals surface area contributed by atoms with Crippen LogP contribution in [0.4, 0.5) is 0 Å². The minimum absolute atomic E-state index is 0.